The van der Waals surface area contributed by atoms with E-state index in [-0.39, 0.29) is 23.4 Å². The standard InChI is InChI=1S/C16H18ClN5O2/c1-10-8-11(17)6-7-13(10)21-16-14(22(23)24)15(18-9-19-16)20-12-4-2-3-5-12/h6-9,12H,2-5H2,1H3,(H2,18,19,20,21). The molecule has 1 saturated carbocycles. The van der Waals surface area contributed by atoms with Gasteiger partial charge in [-0.2, -0.15) is 0 Å². The summed E-state index contributed by atoms with van der Waals surface area (Å²) in [5, 5.41) is 18.4. The summed E-state index contributed by atoms with van der Waals surface area (Å²) in [6.07, 6.45) is 5.59. The van der Waals surface area contributed by atoms with E-state index in [1.54, 1.807) is 18.2 Å². The lowest BCUT2D eigenvalue weighted by Crippen LogP contribution is -2.17. The van der Waals surface area contributed by atoms with E-state index in [0.717, 1.165) is 31.2 Å². The highest BCUT2D eigenvalue weighted by molar-refractivity contribution is 6.30. The molecule has 0 aliphatic heterocycles. The molecule has 1 aliphatic rings. The Hall–Kier alpha value is -2.41. The maximum atomic E-state index is 11.6. The first-order chi connectivity index (χ1) is 11.5. The maximum Gasteiger partial charge on any atom is 0.353 e. The minimum absolute atomic E-state index is 0.140. The number of nitrogens with zero attached hydrogens (tertiary/aromatic N) is 3. The third-order valence-corrected chi connectivity index (χ3v) is 4.38. The van der Waals surface area contributed by atoms with Gasteiger partial charge in [0.2, 0.25) is 11.6 Å². The second-order valence-corrected chi connectivity index (χ2v) is 6.32. The van der Waals surface area contributed by atoms with E-state index in [9.17, 15) is 10.1 Å². The van der Waals surface area contributed by atoms with Crippen LogP contribution in [0.1, 0.15) is 31.2 Å². The summed E-state index contributed by atoms with van der Waals surface area (Å²) in [7, 11) is 0. The van der Waals surface area contributed by atoms with E-state index in [2.05, 4.69) is 20.6 Å². The van der Waals surface area contributed by atoms with E-state index >= 15 is 0 Å². The van der Waals surface area contributed by atoms with E-state index in [4.69, 9.17) is 11.6 Å². The van der Waals surface area contributed by atoms with Crippen LogP contribution in [0.5, 0.6) is 0 Å². The fourth-order valence-corrected chi connectivity index (χ4v) is 3.13. The van der Waals surface area contributed by atoms with E-state index < -0.39 is 4.92 Å². The summed E-state index contributed by atoms with van der Waals surface area (Å²) in [6, 6.07) is 5.51. The van der Waals surface area contributed by atoms with Crippen LogP contribution in [-0.2, 0) is 0 Å². The van der Waals surface area contributed by atoms with Gasteiger partial charge in [0, 0.05) is 16.8 Å². The van der Waals surface area contributed by atoms with Crippen molar-refractivity contribution in [2.24, 2.45) is 0 Å². The highest BCUT2D eigenvalue weighted by atomic mass is 35.5. The third-order valence-electron chi connectivity index (χ3n) is 4.14. The van der Waals surface area contributed by atoms with Crippen molar-refractivity contribution < 1.29 is 4.92 Å². The molecule has 24 heavy (non-hydrogen) atoms. The van der Waals surface area contributed by atoms with Gasteiger partial charge < -0.3 is 10.6 Å². The quantitative estimate of drug-likeness (QED) is 0.613. The summed E-state index contributed by atoms with van der Waals surface area (Å²) < 4.78 is 0. The summed E-state index contributed by atoms with van der Waals surface area (Å²) in [5.74, 6) is 0.428. The Morgan fingerprint density at radius 2 is 1.96 bits per heavy atom. The first kappa shape index (κ1) is 16.4. The second-order valence-electron chi connectivity index (χ2n) is 5.89. The summed E-state index contributed by atoms with van der Waals surface area (Å²) >= 11 is 5.95. The lowest BCUT2D eigenvalue weighted by atomic mass is 10.2. The van der Waals surface area contributed by atoms with Crippen molar-refractivity contribution >= 4 is 34.6 Å². The summed E-state index contributed by atoms with van der Waals surface area (Å²) in [5.41, 5.74) is 1.45. The number of rotatable bonds is 5. The lowest BCUT2D eigenvalue weighted by Gasteiger charge is -2.14. The number of nitro groups is 1. The molecule has 3 rings (SSSR count). The Balaban J connectivity index is 1.93. The van der Waals surface area contributed by atoms with E-state index in [1.165, 1.54) is 6.33 Å². The number of benzene rings is 1. The number of nitrogens with one attached hydrogen (secondary N) is 2. The first-order valence-corrected chi connectivity index (χ1v) is 8.21. The molecule has 0 bridgehead atoms. The summed E-state index contributed by atoms with van der Waals surface area (Å²) in [6.45, 7) is 1.87. The largest absolute Gasteiger partial charge is 0.361 e. The van der Waals surface area contributed by atoms with Gasteiger partial charge in [0.25, 0.3) is 0 Å². The van der Waals surface area contributed by atoms with E-state index in [1.807, 2.05) is 6.92 Å². The highest BCUT2D eigenvalue weighted by Gasteiger charge is 2.26. The van der Waals surface area contributed by atoms with Crippen LogP contribution >= 0.6 is 11.6 Å². The fourth-order valence-electron chi connectivity index (χ4n) is 2.91. The van der Waals surface area contributed by atoms with Crippen LogP contribution in [0.4, 0.5) is 23.0 Å². The first-order valence-electron chi connectivity index (χ1n) is 7.83. The van der Waals surface area contributed by atoms with Crippen LogP contribution in [0, 0.1) is 17.0 Å². The van der Waals surface area contributed by atoms with Gasteiger partial charge >= 0.3 is 5.69 Å². The fraction of sp³-hybridized carbons (Fsp3) is 0.375. The third kappa shape index (κ3) is 3.56. The number of anilines is 3. The Bertz CT molecular complexity index is 762. The van der Waals surface area contributed by atoms with E-state index in [0.29, 0.717) is 10.7 Å². The van der Waals surface area contributed by atoms with Crippen molar-refractivity contribution in [2.75, 3.05) is 10.6 Å². The molecule has 8 heteroatoms. The number of halogens is 1. The minimum Gasteiger partial charge on any atom is -0.361 e. The zero-order valence-corrected chi connectivity index (χ0v) is 14.0. The Kier molecular flexibility index (Phi) is 4.80. The average Bonchev–Trinajstić information content (AvgIpc) is 3.03. The molecular formula is C16H18ClN5O2. The Labute approximate surface area is 144 Å². The SMILES string of the molecule is Cc1cc(Cl)ccc1Nc1ncnc(NC2CCCC2)c1[N+](=O)[O-]. The van der Waals surface area contributed by atoms with Crippen LogP contribution in [0.2, 0.25) is 5.02 Å². The minimum atomic E-state index is -0.454. The average molecular weight is 348 g/mol. The van der Waals surface area contributed by atoms with Crippen LogP contribution in [0.25, 0.3) is 0 Å². The van der Waals surface area contributed by atoms with Gasteiger partial charge in [0.1, 0.15) is 6.33 Å². The molecule has 2 aromatic rings. The number of aromatic nitrogens is 2. The van der Waals surface area contributed by atoms with Gasteiger partial charge in [-0.05, 0) is 43.5 Å². The van der Waals surface area contributed by atoms with Crippen molar-refractivity contribution in [2.45, 2.75) is 38.6 Å². The molecule has 0 amide bonds. The lowest BCUT2D eigenvalue weighted by molar-refractivity contribution is -0.383. The topological polar surface area (TPSA) is 93.0 Å². The number of hydrogen-bond acceptors (Lipinski definition) is 6. The molecule has 1 fully saturated rings. The van der Waals surface area contributed by atoms with Crippen molar-refractivity contribution in [3.05, 3.63) is 45.2 Å². The highest BCUT2D eigenvalue weighted by Crippen LogP contribution is 2.34. The van der Waals surface area contributed by atoms with Crippen molar-refractivity contribution in [1.82, 2.24) is 9.97 Å². The molecule has 1 aromatic heterocycles. The maximum absolute atomic E-state index is 11.6. The van der Waals surface area contributed by atoms with Crippen LogP contribution in [-0.4, -0.2) is 20.9 Å². The van der Waals surface area contributed by atoms with Gasteiger partial charge in [0.15, 0.2) is 0 Å². The predicted octanol–water partition coefficient (Wildman–Crippen LogP) is 4.44. The van der Waals surface area contributed by atoms with Gasteiger partial charge in [-0.25, -0.2) is 9.97 Å². The van der Waals surface area contributed by atoms with Crippen molar-refractivity contribution in [1.29, 1.82) is 0 Å². The second kappa shape index (κ2) is 7.00. The molecule has 0 saturated heterocycles. The molecule has 0 unspecified atom stereocenters. The summed E-state index contributed by atoms with van der Waals surface area (Å²) in [4.78, 5) is 19.3. The van der Waals surface area contributed by atoms with Gasteiger partial charge in [0.05, 0.1) is 4.92 Å². The zero-order valence-electron chi connectivity index (χ0n) is 13.3. The van der Waals surface area contributed by atoms with Crippen LogP contribution < -0.4 is 10.6 Å². The smallest absolute Gasteiger partial charge is 0.353 e. The Morgan fingerprint density at radius 3 is 2.62 bits per heavy atom. The molecule has 1 heterocycles. The molecule has 7 nitrogen and oxygen atoms in total. The monoisotopic (exact) mass is 347 g/mol. The zero-order chi connectivity index (χ0) is 17.1. The normalized spacial score (nSPS) is 14.6. The number of aryl methyl sites for hydroxylation is 1. The van der Waals surface area contributed by atoms with Crippen LogP contribution in [0.15, 0.2) is 24.5 Å². The van der Waals surface area contributed by atoms with Gasteiger partial charge in [-0.15, -0.1) is 0 Å². The van der Waals surface area contributed by atoms with Crippen molar-refractivity contribution in [3.8, 4) is 0 Å². The molecule has 1 aliphatic carbocycles. The molecule has 1 aromatic carbocycles. The molecule has 0 spiro atoms. The molecular weight excluding hydrogens is 330 g/mol. The molecule has 0 atom stereocenters. The van der Waals surface area contributed by atoms with Crippen molar-refractivity contribution in [3.63, 3.8) is 0 Å². The molecule has 2 N–H and O–H groups in total. The molecule has 0 radical (unpaired) electrons. The molecule has 126 valence electrons. The number of hydrogen-bond donors (Lipinski definition) is 2. The predicted molar refractivity (Wildman–Crippen MR) is 94.0 cm³/mol. The van der Waals surface area contributed by atoms with Gasteiger partial charge in [-0.1, -0.05) is 24.4 Å². The Morgan fingerprint density at radius 1 is 1.25 bits per heavy atom. The van der Waals surface area contributed by atoms with Crippen LogP contribution in [0.3, 0.4) is 0 Å². The van der Waals surface area contributed by atoms with Gasteiger partial charge in [-0.3, -0.25) is 10.1 Å².